The first-order valence-corrected chi connectivity index (χ1v) is 9.97. The van der Waals surface area contributed by atoms with Gasteiger partial charge in [0.25, 0.3) is 0 Å². The summed E-state index contributed by atoms with van der Waals surface area (Å²) in [7, 11) is -0.289. The van der Waals surface area contributed by atoms with Gasteiger partial charge in [-0.15, -0.1) is 0 Å². The van der Waals surface area contributed by atoms with Crippen molar-refractivity contribution in [2.24, 2.45) is 7.05 Å². The molecule has 0 aliphatic carbocycles. The molecular weight excluding hydrogens is 338 g/mol. The summed E-state index contributed by atoms with van der Waals surface area (Å²) in [5, 5.41) is 4.21. The molecule has 6 nitrogen and oxygen atoms in total. The van der Waals surface area contributed by atoms with Gasteiger partial charge in [-0.2, -0.15) is 9.40 Å². The van der Waals surface area contributed by atoms with Gasteiger partial charge in [-0.3, -0.25) is 4.68 Å². The van der Waals surface area contributed by atoms with Gasteiger partial charge in [-0.1, -0.05) is 18.2 Å². The largest absolute Gasteiger partial charge is 0.496 e. The number of piperidine rings is 1. The number of sulfonamides is 1. The molecule has 7 heteroatoms. The molecule has 1 aliphatic rings. The summed E-state index contributed by atoms with van der Waals surface area (Å²) in [4.78, 5) is 0.281. The zero-order valence-electron chi connectivity index (χ0n) is 15.1. The number of aryl methyl sites for hydroxylation is 2. The average Bonchev–Trinajstić information content (AvgIpc) is 2.93. The summed E-state index contributed by atoms with van der Waals surface area (Å²) in [6.45, 7) is 3.71. The molecule has 0 bridgehead atoms. The summed E-state index contributed by atoms with van der Waals surface area (Å²) < 4.78 is 35.6. The highest BCUT2D eigenvalue weighted by Gasteiger charge is 2.40. The summed E-state index contributed by atoms with van der Waals surface area (Å²) in [6.07, 6.45) is 4.21. The first-order chi connectivity index (χ1) is 11.9. The predicted octanol–water partition coefficient (Wildman–Crippen LogP) is 3.04. The first-order valence-electron chi connectivity index (χ1n) is 8.53. The van der Waals surface area contributed by atoms with Crippen molar-refractivity contribution in [3.05, 3.63) is 41.7 Å². The minimum absolute atomic E-state index is 0.0757. The fourth-order valence-electron chi connectivity index (χ4n) is 3.75. The van der Waals surface area contributed by atoms with E-state index >= 15 is 0 Å². The molecule has 2 heterocycles. The van der Waals surface area contributed by atoms with Crippen LogP contribution in [0, 0.1) is 6.92 Å². The van der Waals surface area contributed by atoms with Crippen LogP contribution in [-0.2, 0) is 17.1 Å². The molecule has 0 N–H and O–H groups in total. The molecule has 0 spiro atoms. The minimum atomic E-state index is -3.65. The van der Waals surface area contributed by atoms with Crippen molar-refractivity contribution in [2.45, 2.75) is 50.1 Å². The Hall–Kier alpha value is -1.86. The van der Waals surface area contributed by atoms with E-state index < -0.39 is 10.0 Å². The molecule has 0 saturated carbocycles. The van der Waals surface area contributed by atoms with Gasteiger partial charge in [-0.25, -0.2) is 8.42 Å². The Kier molecular flexibility index (Phi) is 4.88. The maximum atomic E-state index is 13.4. The summed E-state index contributed by atoms with van der Waals surface area (Å²) in [5.74, 6) is 0.727. The third-order valence-corrected chi connectivity index (χ3v) is 6.99. The highest BCUT2D eigenvalue weighted by atomic mass is 32.2. The van der Waals surface area contributed by atoms with Crippen LogP contribution in [0.25, 0.3) is 0 Å². The maximum absolute atomic E-state index is 13.4. The molecule has 1 aromatic heterocycles. The van der Waals surface area contributed by atoms with E-state index in [1.807, 2.05) is 31.2 Å². The molecule has 1 saturated heterocycles. The molecule has 2 aromatic rings. The van der Waals surface area contributed by atoms with Crippen molar-refractivity contribution in [3.8, 4) is 5.75 Å². The van der Waals surface area contributed by atoms with Gasteiger partial charge in [0.1, 0.15) is 10.6 Å². The van der Waals surface area contributed by atoms with Crippen LogP contribution in [0.1, 0.15) is 43.5 Å². The van der Waals surface area contributed by atoms with Crippen molar-refractivity contribution in [2.75, 3.05) is 7.11 Å². The molecule has 25 heavy (non-hydrogen) atoms. The van der Waals surface area contributed by atoms with Crippen LogP contribution in [0.3, 0.4) is 0 Å². The number of aromatic nitrogens is 2. The molecule has 0 radical (unpaired) electrons. The number of methoxy groups -OCH3 is 1. The predicted molar refractivity (Wildman–Crippen MR) is 96.0 cm³/mol. The summed E-state index contributed by atoms with van der Waals surface area (Å²) >= 11 is 0. The Morgan fingerprint density at radius 2 is 1.96 bits per heavy atom. The molecule has 1 fully saturated rings. The topological polar surface area (TPSA) is 64.4 Å². The lowest BCUT2D eigenvalue weighted by atomic mass is 9.93. The van der Waals surface area contributed by atoms with Crippen LogP contribution in [0.15, 0.2) is 35.4 Å². The van der Waals surface area contributed by atoms with E-state index in [1.54, 1.807) is 36.3 Å². The first kappa shape index (κ1) is 17.9. The van der Waals surface area contributed by atoms with Crippen LogP contribution in [0.2, 0.25) is 0 Å². The number of ether oxygens (including phenoxy) is 1. The molecule has 2 atom stereocenters. The van der Waals surface area contributed by atoms with E-state index in [4.69, 9.17) is 4.74 Å². The minimum Gasteiger partial charge on any atom is -0.496 e. The highest BCUT2D eigenvalue weighted by Crippen LogP contribution is 2.41. The van der Waals surface area contributed by atoms with Gasteiger partial charge in [0, 0.05) is 24.8 Å². The Bertz CT molecular complexity index is 860. The maximum Gasteiger partial charge on any atom is 0.247 e. The van der Waals surface area contributed by atoms with E-state index in [0.717, 1.165) is 30.6 Å². The molecular formula is C18H25N3O3S. The number of hydrogen-bond acceptors (Lipinski definition) is 4. The molecule has 0 unspecified atom stereocenters. The van der Waals surface area contributed by atoms with Crippen LogP contribution < -0.4 is 4.74 Å². The fraction of sp³-hybridized carbons (Fsp3) is 0.500. The van der Waals surface area contributed by atoms with Crippen LogP contribution in [-0.4, -0.2) is 35.7 Å². The van der Waals surface area contributed by atoms with Gasteiger partial charge >= 0.3 is 0 Å². The fourth-order valence-corrected chi connectivity index (χ4v) is 5.81. The van der Waals surface area contributed by atoms with E-state index in [0.29, 0.717) is 5.69 Å². The Balaban J connectivity index is 2.11. The Morgan fingerprint density at radius 3 is 2.60 bits per heavy atom. The standard InChI is InChI=1S/C18H25N3O3S/c1-13-8-7-10-16(15-9-5-6-11-17(15)24-4)21(13)25(22,23)18-12-20(3)19-14(18)2/h5-6,9,11-13,16H,7-8,10H2,1-4H3/t13-,16-/m1/s1. The second-order valence-corrected chi connectivity index (χ2v) is 8.44. The second kappa shape index (κ2) is 6.80. The second-order valence-electron chi connectivity index (χ2n) is 6.63. The van der Waals surface area contributed by atoms with Crippen molar-refractivity contribution in [1.82, 2.24) is 14.1 Å². The van der Waals surface area contributed by atoms with Gasteiger partial charge in [-0.05, 0) is 39.2 Å². The monoisotopic (exact) mass is 363 g/mol. The zero-order chi connectivity index (χ0) is 18.2. The molecule has 0 amide bonds. The zero-order valence-corrected chi connectivity index (χ0v) is 16.0. The Labute approximate surface area is 149 Å². The number of para-hydroxylation sites is 1. The number of benzene rings is 1. The lowest BCUT2D eigenvalue weighted by molar-refractivity contribution is 0.189. The normalized spacial score (nSPS) is 22.1. The lowest BCUT2D eigenvalue weighted by Gasteiger charge is -2.40. The quantitative estimate of drug-likeness (QED) is 0.837. The van der Waals surface area contributed by atoms with Gasteiger partial charge < -0.3 is 4.74 Å². The Morgan fingerprint density at radius 1 is 1.24 bits per heavy atom. The van der Waals surface area contributed by atoms with E-state index in [2.05, 4.69) is 5.10 Å². The number of rotatable bonds is 4. The van der Waals surface area contributed by atoms with Gasteiger partial charge in [0.05, 0.1) is 18.8 Å². The molecule has 1 aromatic carbocycles. The highest BCUT2D eigenvalue weighted by molar-refractivity contribution is 7.89. The van der Waals surface area contributed by atoms with Gasteiger partial charge in [0.2, 0.25) is 10.0 Å². The lowest BCUT2D eigenvalue weighted by Crippen LogP contribution is -2.44. The number of hydrogen-bond donors (Lipinski definition) is 0. The van der Waals surface area contributed by atoms with E-state index in [1.165, 1.54) is 0 Å². The van der Waals surface area contributed by atoms with Crippen molar-refractivity contribution >= 4 is 10.0 Å². The third-order valence-electron chi connectivity index (χ3n) is 4.86. The SMILES string of the molecule is COc1ccccc1[C@H]1CCC[C@@H](C)N1S(=O)(=O)c1cn(C)nc1C. The number of nitrogens with zero attached hydrogens (tertiary/aromatic N) is 3. The van der Waals surface area contributed by atoms with Crippen LogP contribution >= 0.6 is 0 Å². The van der Waals surface area contributed by atoms with Gasteiger partial charge in [0.15, 0.2) is 0 Å². The summed E-state index contributed by atoms with van der Waals surface area (Å²) in [6, 6.07) is 7.36. The van der Waals surface area contributed by atoms with Crippen molar-refractivity contribution in [3.63, 3.8) is 0 Å². The average molecular weight is 363 g/mol. The van der Waals surface area contributed by atoms with Crippen molar-refractivity contribution in [1.29, 1.82) is 0 Å². The molecule has 136 valence electrons. The van der Waals surface area contributed by atoms with Crippen LogP contribution in [0.4, 0.5) is 0 Å². The molecule has 1 aliphatic heterocycles. The molecule has 3 rings (SSSR count). The summed E-state index contributed by atoms with van der Waals surface area (Å²) in [5.41, 5.74) is 1.45. The van der Waals surface area contributed by atoms with E-state index in [-0.39, 0.29) is 17.0 Å². The smallest absolute Gasteiger partial charge is 0.247 e. The third kappa shape index (κ3) is 3.18. The van der Waals surface area contributed by atoms with Crippen molar-refractivity contribution < 1.29 is 13.2 Å². The van der Waals surface area contributed by atoms with Crippen LogP contribution in [0.5, 0.6) is 5.75 Å². The van der Waals surface area contributed by atoms with E-state index in [9.17, 15) is 8.42 Å².